The predicted molar refractivity (Wildman–Crippen MR) is 106 cm³/mol. The van der Waals surface area contributed by atoms with Crippen LogP contribution in [0.15, 0.2) is 0 Å². The van der Waals surface area contributed by atoms with E-state index in [1.807, 2.05) is 11.9 Å². The molecule has 2 aliphatic rings. The molecule has 0 aromatic carbocycles. The number of amides is 2. The van der Waals surface area contributed by atoms with Crippen molar-refractivity contribution in [3.8, 4) is 0 Å². The molecule has 160 valence electrons. The summed E-state index contributed by atoms with van der Waals surface area (Å²) in [6.45, 7) is 2.97. The van der Waals surface area contributed by atoms with E-state index in [-0.39, 0.29) is 30.2 Å². The second-order valence-electron chi connectivity index (χ2n) is 7.97. The average Bonchev–Trinajstić information content (AvgIpc) is 3.16. The van der Waals surface area contributed by atoms with Gasteiger partial charge >= 0.3 is 5.97 Å². The fourth-order valence-electron chi connectivity index (χ4n) is 4.07. The highest BCUT2D eigenvalue weighted by Gasteiger charge is 2.31. The van der Waals surface area contributed by atoms with E-state index < -0.39 is 0 Å². The van der Waals surface area contributed by atoms with Crippen molar-refractivity contribution < 1.29 is 19.1 Å². The van der Waals surface area contributed by atoms with Gasteiger partial charge in [-0.3, -0.25) is 19.5 Å². The van der Waals surface area contributed by atoms with Crippen LogP contribution in [0.1, 0.15) is 53.8 Å². The second kappa shape index (κ2) is 9.39. The molecule has 1 fully saturated rings. The molecule has 2 aliphatic heterocycles. The maximum atomic E-state index is 13.0. The number of ether oxygens (including phenoxy) is 1. The molecule has 0 bridgehead atoms. The van der Waals surface area contributed by atoms with Gasteiger partial charge in [0.1, 0.15) is 0 Å². The van der Waals surface area contributed by atoms with Crippen molar-refractivity contribution in [3.05, 3.63) is 17.0 Å². The van der Waals surface area contributed by atoms with E-state index in [9.17, 15) is 14.4 Å². The molecule has 0 saturated carbocycles. The first kappa shape index (κ1) is 21.3. The first-order chi connectivity index (χ1) is 13.9. The zero-order valence-corrected chi connectivity index (χ0v) is 17.6. The van der Waals surface area contributed by atoms with Crippen LogP contribution < -0.4 is 0 Å². The van der Waals surface area contributed by atoms with Crippen molar-refractivity contribution in [1.82, 2.24) is 24.9 Å². The second-order valence-corrected chi connectivity index (χ2v) is 7.97. The lowest BCUT2D eigenvalue weighted by Crippen LogP contribution is -2.45. The molecule has 3 rings (SSSR count). The summed E-state index contributed by atoms with van der Waals surface area (Å²) in [4.78, 5) is 42.5. The number of nitrogens with one attached hydrogen (secondary N) is 1. The molecule has 1 aromatic rings. The number of H-pyrrole nitrogens is 1. The third-order valence-electron chi connectivity index (χ3n) is 6.04. The number of fused-ring (bicyclic) bond motifs is 1. The highest BCUT2D eigenvalue weighted by molar-refractivity contribution is 5.94. The Labute approximate surface area is 171 Å². The monoisotopic (exact) mass is 405 g/mol. The Balaban J connectivity index is 1.58. The van der Waals surface area contributed by atoms with Crippen LogP contribution in [-0.2, 0) is 27.3 Å². The van der Waals surface area contributed by atoms with Crippen LogP contribution in [0.25, 0.3) is 0 Å². The Morgan fingerprint density at radius 1 is 1.21 bits per heavy atom. The number of carbonyl (C=O) groups is 3. The Morgan fingerprint density at radius 3 is 2.62 bits per heavy atom. The van der Waals surface area contributed by atoms with E-state index in [4.69, 9.17) is 0 Å². The fourth-order valence-corrected chi connectivity index (χ4v) is 4.07. The normalized spacial score (nSPS) is 17.7. The molecule has 2 amide bonds. The number of hydrogen-bond acceptors (Lipinski definition) is 6. The van der Waals surface area contributed by atoms with Gasteiger partial charge in [-0.15, -0.1) is 0 Å². The van der Waals surface area contributed by atoms with Gasteiger partial charge in [0.2, 0.25) is 5.91 Å². The van der Waals surface area contributed by atoms with Crippen molar-refractivity contribution >= 4 is 17.8 Å². The summed E-state index contributed by atoms with van der Waals surface area (Å²) in [5.74, 6) is -0.343. The molecule has 1 N–H and O–H groups in total. The molecule has 3 heterocycles. The van der Waals surface area contributed by atoms with Gasteiger partial charge in [0.15, 0.2) is 5.69 Å². The maximum absolute atomic E-state index is 13.0. The van der Waals surface area contributed by atoms with E-state index >= 15 is 0 Å². The third kappa shape index (κ3) is 4.95. The van der Waals surface area contributed by atoms with Crippen molar-refractivity contribution in [2.45, 2.75) is 51.1 Å². The van der Waals surface area contributed by atoms with Gasteiger partial charge in [-0.1, -0.05) is 0 Å². The highest BCUT2D eigenvalue weighted by Crippen LogP contribution is 2.24. The zero-order chi connectivity index (χ0) is 21.0. The summed E-state index contributed by atoms with van der Waals surface area (Å²) in [7, 11) is 5.31. The number of hydrogen-bond donors (Lipinski definition) is 1. The number of piperidine rings is 1. The van der Waals surface area contributed by atoms with E-state index in [0.717, 1.165) is 37.2 Å². The first-order valence-electron chi connectivity index (χ1n) is 10.3. The van der Waals surface area contributed by atoms with Gasteiger partial charge in [0.05, 0.1) is 19.3 Å². The van der Waals surface area contributed by atoms with E-state index in [1.54, 1.807) is 4.90 Å². The van der Waals surface area contributed by atoms with Crippen LogP contribution in [0, 0.1) is 0 Å². The summed E-state index contributed by atoms with van der Waals surface area (Å²) in [6, 6.07) is 0.238. The number of nitrogens with zero attached hydrogens (tertiary/aromatic N) is 4. The summed E-state index contributed by atoms with van der Waals surface area (Å²) in [5.41, 5.74) is 2.24. The number of likely N-dealkylation sites (tertiary alicyclic amines) is 1. The molecule has 0 spiro atoms. The van der Waals surface area contributed by atoms with Crippen LogP contribution in [-0.4, -0.2) is 89.6 Å². The van der Waals surface area contributed by atoms with Crippen LogP contribution in [0.4, 0.5) is 0 Å². The van der Waals surface area contributed by atoms with Gasteiger partial charge in [-0.2, -0.15) is 5.10 Å². The standard InChI is InChI=1S/C20H31N5O4/c1-23-10-7-14(8-11-23)24(2)20(28)19-15-9-12-25(13-16(15)21-22-19)17(26)5-4-6-18(27)29-3/h14H,4-13H2,1-3H3,(H,21,22). The molecular formula is C20H31N5O4. The van der Waals surface area contributed by atoms with E-state index in [2.05, 4.69) is 26.9 Å². The lowest BCUT2D eigenvalue weighted by molar-refractivity contribution is -0.141. The van der Waals surface area contributed by atoms with Gasteiger partial charge in [-0.05, 0) is 45.8 Å². The predicted octanol–water partition coefficient (Wildman–Crippen LogP) is 0.804. The maximum Gasteiger partial charge on any atom is 0.305 e. The van der Waals surface area contributed by atoms with Crippen LogP contribution in [0.3, 0.4) is 0 Å². The number of aromatic amines is 1. The molecule has 0 unspecified atom stereocenters. The molecule has 9 heteroatoms. The minimum atomic E-state index is -0.302. The minimum absolute atomic E-state index is 0.00507. The Bertz CT molecular complexity index is 754. The zero-order valence-electron chi connectivity index (χ0n) is 17.6. The van der Waals surface area contributed by atoms with Gasteiger partial charge in [0.25, 0.3) is 5.91 Å². The van der Waals surface area contributed by atoms with Crippen molar-refractivity contribution in [2.75, 3.05) is 40.8 Å². The van der Waals surface area contributed by atoms with E-state index in [0.29, 0.717) is 38.0 Å². The number of rotatable bonds is 6. The topological polar surface area (TPSA) is 98.8 Å². The largest absolute Gasteiger partial charge is 0.469 e. The first-order valence-corrected chi connectivity index (χ1v) is 10.3. The minimum Gasteiger partial charge on any atom is -0.469 e. The molecule has 1 aromatic heterocycles. The quantitative estimate of drug-likeness (QED) is 0.703. The molecule has 0 atom stereocenters. The summed E-state index contributed by atoms with van der Waals surface area (Å²) in [6.07, 6.45) is 3.58. The van der Waals surface area contributed by atoms with Gasteiger partial charge in [-0.25, -0.2) is 0 Å². The van der Waals surface area contributed by atoms with Crippen molar-refractivity contribution in [1.29, 1.82) is 0 Å². The molecule has 1 saturated heterocycles. The fraction of sp³-hybridized carbons (Fsp3) is 0.700. The lowest BCUT2D eigenvalue weighted by Gasteiger charge is -2.35. The van der Waals surface area contributed by atoms with Gasteiger partial charge < -0.3 is 19.4 Å². The van der Waals surface area contributed by atoms with E-state index in [1.165, 1.54) is 7.11 Å². The third-order valence-corrected chi connectivity index (χ3v) is 6.04. The highest BCUT2D eigenvalue weighted by atomic mass is 16.5. The van der Waals surface area contributed by atoms with Crippen LogP contribution >= 0.6 is 0 Å². The Morgan fingerprint density at radius 2 is 1.93 bits per heavy atom. The average molecular weight is 405 g/mol. The summed E-state index contributed by atoms with van der Waals surface area (Å²) >= 11 is 0. The Hall–Kier alpha value is -2.42. The molecular weight excluding hydrogens is 374 g/mol. The molecule has 9 nitrogen and oxygen atoms in total. The number of esters is 1. The smallest absolute Gasteiger partial charge is 0.305 e. The summed E-state index contributed by atoms with van der Waals surface area (Å²) < 4.78 is 4.60. The Kier molecular flexibility index (Phi) is 6.89. The number of carbonyl (C=O) groups excluding carboxylic acids is 3. The van der Waals surface area contributed by atoms with Gasteiger partial charge in [0, 0.05) is 38.0 Å². The van der Waals surface area contributed by atoms with Crippen molar-refractivity contribution in [2.24, 2.45) is 0 Å². The SMILES string of the molecule is COC(=O)CCCC(=O)N1CCc2c(C(=O)N(C)C3CCN(C)CC3)n[nH]c2C1. The van der Waals surface area contributed by atoms with Crippen LogP contribution in [0.2, 0.25) is 0 Å². The number of methoxy groups -OCH3 is 1. The van der Waals surface area contributed by atoms with Crippen molar-refractivity contribution in [3.63, 3.8) is 0 Å². The molecule has 0 radical (unpaired) electrons. The molecule has 29 heavy (non-hydrogen) atoms. The number of aromatic nitrogens is 2. The molecule has 0 aliphatic carbocycles. The van der Waals surface area contributed by atoms with Crippen LogP contribution in [0.5, 0.6) is 0 Å². The summed E-state index contributed by atoms with van der Waals surface area (Å²) in [5, 5.41) is 7.26. The lowest BCUT2D eigenvalue weighted by atomic mass is 10.0.